The number of aromatic nitrogens is 4. The van der Waals surface area contributed by atoms with Gasteiger partial charge in [-0.25, -0.2) is 19.6 Å². The summed E-state index contributed by atoms with van der Waals surface area (Å²) < 4.78 is 10.2. The van der Waals surface area contributed by atoms with E-state index in [0.29, 0.717) is 18.9 Å². The van der Waals surface area contributed by atoms with E-state index >= 15 is 0 Å². The number of likely N-dealkylation sites (tertiary alicyclic amines) is 2. The highest BCUT2D eigenvalue weighted by Gasteiger charge is 2.39. The quantitative estimate of drug-likeness (QED) is 0.125. The molecule has 2 aliphatic rings. The molecule has 4 amide bonds. The summed E-state index contributed by atoms with van der Waals surface area (Å²) in [4.78, 5) is 71.1. The monoisotopic (exact) mass is 816 g/mol. The van der Waals surface area contributed by atoms with Gasteiger partial charge in [0.2, 0.25) is 11.8 Å². The molecule has 55 heavy (non-hydrogen) atoms. The molecular formula is C40H49BrN8O6. The minimum atomic E-state index is -0.703. The van der Waals surface area contributed by atoms with Crippen LogP contribution in [0.15, 0.2) is 59.3 Å². The second-order valence-electron chi connectivity index (χ2n) is 14.7. The van der Waals surface area contributed by atoms with Gasteiger partial charge >= 0.3 is 12.2 Å². The number of hydrogen-bond acceptors (Lipinski definition) is 8. The molecule has 14 nitrogen and oxygen atoms in total. The van der Waals surface area contributed by atoms with Crippen molar-refractivity contribution in [2.24, 2.45) is 11.8 Å². The number of carbonyl (C=O) groups is 4. The van der Waals surface area contributed by atoms with E-state index in [0.717, 1.165) is 69.8 Å². The average Bonchev–Trinajstić information content (AvgIpc) is 4.02. The molecule has 6 rings (SSSR count). The van der Waals surface area contributed by atoms with Crippen molar-refractivity contribution in [1.29, 1.82) is 0 Å². The zero-order valence-corrected chi connectivity index (χ0v) is 33.6. The normalized spacial score (nSPS) is 18.1. The summed E-state index contributed by atoms with van der Waals surface area (Å²) in [6, 6.07) is 14.5. The van der Waals surface area contributed by atoms with E-state index in [1.54, 1.807) is 9.80 Å². The lowest BCUT2D eigenvalue weighted by molar-refractivity contribution is -0.136. The zero-order valence-electron chi connectivity index (χ0n) is 32.0. The Labute approximate surface area is 329 Å². The van der Waals surface area contributed by atoms with Gasteiger partial charge in [0.05, 0.1) is 32.0 Å². The Morgan fingerprint density at radius 1 is 0.709 bits per heavy atom. The molecule has 0 unspecified atom stereocenters. The van der Waals surface area contributed by atoms with Crippen LogP contribution in [-0.2, 0) is 19.1 Å². The Morgan fingerprint density at radius 2 is 1.16 bits per heavy atom. The molecular weight excluding hydrogens is 768 g/mol. The van der Waals surface area contributed by atoms with E-state index in [-0.39, 0.29) is 35.7 Å². The number of nitrogens with zero attached hydrogens (tertiary/aromatic N) is 4. The van der Waals surface area contributed by atoms with Gasteiger partial charge in [-0.05, 0) is 64.6 Å². The fourth-order valence-electron chi connectivity index (χ4n) is 7.41. The minimum absolute atomic E-state index is 0.107. The molecule has 0 aliphatic carbocycles. The molecule has 292 valence electrons. The Kier molecular flexibility index (Phi) is 12.3. The lowest BCUT2D eigenvalue weighted by atomic mass is 10.0. The maximum atomic E-state index is 13.6. The first-order valence-corrected chi connectivity index (χ1v) is 19.5. The summed E-state index contributed by atoms with van der Waals surface area (Å²) in [5.74, 6) is 0.889. The van der Waals surface area contributed by atoms with Crippen LogP contribution >= 0.6 is 15.9 Å². The predicted molar refractivity (Wildman–Crippen MR) is 210 cm³/mol. The summed E-state index contributed by atoms with van der Waals surface area (Å²) in [7, 11) is 2.57. The number of carbonyl (C=O) groups excluding carboxylic acids is 4. The fourth-order valence-corrected chi connectivity index (χ4v) is 7.93. The van der Waals surface area contributed by atoms with Gasteiger partial charge in [0.15, 0.2) is 0 Å². The fraction of sp³-hybridized carbons (Fsp3) is 0.450. The average molecular weight is 818 g/mol. The van der Waals surface area contributed by atoms with Crippen molar-refractivity contribution in [3.63, 3.8) is 0 Å². The van der Waals surface area contributed by atoms with Crippen molar-refractivity contribution in [2.45, 2.75) is 77.5 Å². The number of aromatic amines is 2. The molecule has 2 saturated heterocycles. The van der Waals surface area contributed by atoms with Crippen LogP contribution < -0.4 is 10.6 Å². The molecule has 0 bridgehead atoms. The first-order chi connectivity index (χ1) is 26.4. The summed E-state index contributed by atoms with van der Waals surface area (Å²) in [5.41, 5.74) is 5.47. The van der Waals surface area contributed by atoms with E-state index in [9.17, 15) is 19.2 Å². The lowest BCUT2D eigenvalue weighted by Crippen LogP contribution is -2.51. The van der Waals surface area contributed by atoms with Crippen molar-refractivity contribution in [3.8, 4) is 33.6 Å². The Hall–Kier alpha value is -5.18. The number of rotatable bonds is 11. The van der Waals surface area contributed by atoms with E-state index in [1.165, 1.54) is 14.2 Å². The maximum absolute atomic E-state index is 13.6. The molecule has 4 aromatic rings. The van der Waals surface area contributed by atoms with E-state index < -0.39 is 24.3 Å². The third kappa shape index (κ3) is 8.56. The van der Waals surface area contributed by atoms with Gasteiger partial charge < -0.3 is 39.9 Å². The molecule has 4 heterocycles. The summed E-state index contributed by atoms with van der Waals surface area (Å²) in [6.07, 6.45) is 3.82. The van der Waals surface area contributed by atoms with Crippen molar-refractivity contribution in [3.05, 3.63) is 71.0 Å². The Morgan fingerprint density at radius 3 is 1.64 bits per heavy atom. The van der Waals surface area contributed by atoms with E-state index in [2.05, 4.69) is 60.8 Å². The van der Waals surface area contributed by atoms with Crippen LogP contribution in [0.4, 0.5) is 9.59 Å². The molecule has 0 spiro atoms. The van der Waals surface area contributed by atoms with Crippen LogP contribution in [0.5, 0.6) is 0 Å². The van der Waals surface area contributed by atoms with Crippen molar-refractivity contribution in [1.82, 2.24) is 40.4 Å². The van der Waals surface area contributed by atoms with E-state index in [4.69, 9.17) is 19.4 Å². The number of amides is 4. The molecule has 2 aromatic carbocycles. The molecule has 2 aliphatic heterocycles. The van der Waals surface area contributed by atoms with Crippen LogP contribution in [0.25, 0.3) is 33.6 Å². The number of benzene rings is 2. The molecule has 15 heteroatoms. The van der Waals surface area contributed by atoms with Crippen LogP contribution in [0.1, 0.15) is 77.1 Å². The minimum Gasteiger partial charge on any atom is -0.453 e. The summed E-state index contributed by atoms with van der Waals surface area (Å²) in [5, 5.41) is 5.39. The van der Waals surface area contributed by atoms with E-state index in [1.807, 2.05) is 58.2 Å². The second kappa shape index (κ2) is 17.1. The molecule has 2 fully saturated rings. The van der Waals surface area contributed by atoms with Crippen molar-refractivity contribution >= 4 is 39.9 Å². The molecule has 4 atom stereocenters. The first-order valence-electron chi connectivity index (χ1n) is 18.7. The zero-order chi connectivity index (χ0) is 39.4. The number of imidazole rings is 2. The second-order valence-corrected chi connectivity index (χ2v) is 15.5. The van der Waals surface area contributed by atoms with Gasteiger partial charge in [-0.3, -0.25) is 9.59 Å². The largest absolute Gasteiger partial charge is 0.453 e. The van der Waals surface area contributed by atoms with Crippen molar-refractivity contribution < 1.29 is 28.7 Å². The van der Waals surface area contributed by atoms with Crippen LogP contribution in [0.3, 0.4) is 0 Å². The van der Waals surface area contributed by atoms with Crippen LogP contribution in [0.2, 0.25) is 0 Å². The van der Waals surface area contributed by atoms with Crippen LogP contribution in [0, 0.1) is 11.8 Å². The van der Waals surface area contributed by atoms with Gasteiger partial charge in [-0.1, -0.05) is 76.2 Å². The predicted octanol–water partition coefficient (Wildman–Crippen LogP) is 6.98. The van der Waals surface area contributed by atoms with Gasteiger partial charge in [0.25, 0.3) is 0 Å². The third-order valence-electron chi connectivity index (χ3n) is 10.4. The standard InChI is InChI=1S/C40H49BrN8O6/c1-22(2)31(45-39(52)54-5)37(50)48-19-7-9-29(48)35-42-21-28(43-35)26-15-11-24(12-16-26)25-13-17-27(18-14-25)33-34(41)47-36(44-33)30-10-8-20-49(30)38(51)32(23(3)4)46-40(53)55-6/h11-18,21-23,29-32H,7-10,19-20H2,1-6H3,(H,42,43)(H,44,47)(H,45,52)(H,46,53)/t29-,30-,31-,32-/m0/s1. The smallest absolute Gasteiger partial charge is 0.407 e. The third-order valence-corrected chi connectivity index (χ3v) is 11.0. The van der Waals surface area contributed by atoms with Gasteiger partial charge in [0.1, 0.15) is 34.0 Å². The number of halogens is 1. The highest BCUT2D eigenvalue weighted by atomic mass is 79.9. The van der Waals surface area contributed by atoms with Gasteiger partial charge in [-0.2, -0.15) is 0 Å². The SMILES string of the molecule is COC(=O)N[C@H](C(=O)N1CCC[C@H]1c1nc(-c2ccc(-c3ccc(-c4nc([C@@H]5CCCN5C(=O)[C@@H](NC(=O)OC)C(C)C)[nH]c4Br)cc3)cc2)c[nH]1)C(C)C. The summed E-state index contributed by atoms with van der Waals surface area (Å²) in [6.45, 7) is 8.76. The Bertz CT molecular complexity index is 1990. The van der Waals surface area contributed by atoms with Crippen LogP contribution in [-0.4, -0.2) is 93.1 Å². The van der Waals surface area contributed by atoms with Crippen molar-refractivity contribution in [2.75, 3.05) is 27.3 Å². The number of methoxy groups -OCH3 is 2. The maximum Gasteiger partial charge on any atom is 0.407 e. The van der Waals surface area contributed by atoms with Gasteiger partial charge in [-0.15, -0.1) is 0 Å². The molecule has 4 N–H and O–H groups in total. The highest BCUT2D eigenvalue weighted by Crippen LogP contribution is 2.37. The van der Waals surface area contributed by atoms with Gasteiger partial charge in [0, 0.05) is 30.4 Å². The number of alkyl carbamates (subject to hydrolysis) is 2. The number of nitrogens with one attached hydrogen (secondary N) is 4. The highest BCUT2D eigenvalue weighted by molar-refractivity contribution is 9.10. The molecule has 2 aromatic heterocycles. The summed E-state index contributed by atoms with van der Waals surface area (Å²) >= 11 is 3.66. The number of ether oxygens (including phenoxy) is 2. The Balaban J connectivity index is 1.13. The molecule has 0 saturated carbocycles. The molecule has 0 radical (unpaired) electrons. The topological polar surface area (TPSA) is 175 Å². The lowest BCUT2D eigenvalue weighted by Gasteiger charge is -2.29. The number of H-pyrrole nitrogens is 2. The number of hydrogen-bond donors (Lipinski definition) is 4. The first kappa shape index (κ1) is 39.5.